The van der Waals surface area contributed by atoms with Gasteiger partial charge in [0.25, 0.3) is 0 Å². The maximum Gasteiger partial charge on any atom is 0.426 e. The van der Waals surface area contributed by atoms with E-state index in [1.807, 2.05) is 32.0 Å². The number of rotatable bonds is 6. The topological polar surface area (TPSA) is 108 Å². The van der Waals surface area contributed by atoms with Gasteiger partial charge in [-0.2, -0.15) is 0 Å². The molecule has 0 aliphatic carbocycles. The zero-order chi connectivity index (χ0) is 18.1. The van der Waals surface area contributed by atoms with Crippen LogP contribution in [0.5, 0.6) is 0 Å². The number of benzene rings is 1. The first-order chi connectivity index (χ1) is 11.3. The molecule has 1 atom stereocenters. The van der Waals surface area contributed by atoms with Gasteiger partial charge in [0.15, 0.2) is 0 Å². The van der Waals surface area contributed by atoms with Crippen molar-refractivity contribution in [1.29, 1.82) is 0 Å². The molecule has 3 amide bonds. The third-order valence-electron chi connectivity index (χ3n) is 3.08. The molecule has 0 radical (unpaired) electrons. The minimum Gasteiger partial charge on any atom is -0.480 e. The van der Waals surface area contributed by atoms with Gasteiger partial charge in [-0.25, -0.2) is 24.8 Å². The lowest BCUT2D eigenvalue weighted by molar-refractivity contribution is -0.139. The molecule has 0 saturated carbocycles. The van der Waals surface area contributed by atoms with E-state index in [4.69, 9.17) is 9.84 Å². The Balaban J connectivity index is 2.44. The average Bonchev–Trinajstić information content (AvgIpc) is 2.52. The number of hydrogen-bond donors (Lipinski definition) is 3. The molecule has 0 unspecified atom stereocenters. The second-order valence-corrected chi connectivity index (χ2v) is 5.70. The summed E-state index contributed by atoms with van der Waals surface area (Å²) in [5, 5.41) is 12.3. The van der Waals surface area contributed by atoms with Crippen LogP contribution >= 0.6 is 0 Å². The van der Waals surface area contributed by atoms with Gasteiger partial charge in [-0.1, -0.05) is 44.2 Å². The van der Waals surface area contributed by atoms with Crippen molar-refractivity contribution < 1.29 is 24.2 Å². The summed E-state index contributed by atoms with van der Waals surface area (Å²) < 4.78 is 4.98. The van der Waals surface area contributed by atoms with Crippen LogP contribution in [0.4, 0.5) is 9.59 Å². The van der Waals surface area contributed by atoms with Gasteiger partial charge < -0.3 is 15.2 Å². The SMILES string of the molecule is CC(C)C[C@H](NC(=O)N(C)NC(=O)OCc1ccccc1)C(=O)O. The highest BCUT2D eigenvalue weighted by Crippen LogP contribution is 2.05. The smallest absolute Gasteiger partial charge is 0.426 e. The fraction of sp³-hybridized carbons (Fsp3) is 0.438. The fourth-order valence-corrected chi connectivity index (χ4v) is 1.88. The van der Waals surface area contributed by atoms with Crippen molar-refractivity contribution in [3.05, 3.63) is 35.9 Å². The number of hydrogen-bond acceptors (Lipinski definition) is 4. The zero-order valence-corrected chi connectivity index (χ0v) is 14.0. The molecule has 1 aromatic carbocycles. The molecule has 0 spiro atoms. The molecule has 8 nitrogen and oxygen atoms in total. The van der Waals surface area contributed by atoms with Gasteiger partial charge in [0.2, 0.25) is 0 Å². The molecule has 1 aromatic rings. The predicted molar refractivity (Wildman–Crippen MR) is 86.9 cm³/mol. The van der Waals surface area contributed by atoms with E-state index in [0.717, 1.165) is 10.6 Å². The number of nitrogens with zero attached hydrogens (tertiary/aromatic N) is 1. The summed E-state index contributed by atoms with van der Waals surface area (Å²) in [6.45, 7) is 3.77. The minimum atomic E-state index is -1.13. The van der Waals surface area contributed by atoms with Gasteiger partial charge in [0, 0.05) is 7.05 Å². The first-order valence-corrected chi connectivity index (χ1v) is 7.54. The van der Waals surface area contributed by atoms with Crippen LogP contribution in [0.15, 0.2) is 30.3 Å². The quantitative estimate of drug-likeness (QED) is 0.688. The number of carbonyl (C=O) groups excluding carboxylic acids is 2. The highest BCUT2D eigenvalue weighted by molar-refractivity contribution is 5.83. The number of hydrazine groups is 1. The Morgan fingerprint density at radius 3 is 2.38 bits per heavy atom. The summed E-state index contributed by atoms with van der Waals surface area (Å²) in [7, 11) is 1.30. The fourth-order valence-electron chi connectivity index (χ4n) is 1.88. The highest BCUT2D eigenvalue weighted by atomic mass is 16.6. The molecular weight excluding hydrogens is 314 g/mol. The summed E-state index contributed by atoms with van der Waals surface area (Å²) in [6, 6.07) is 7.31. The van der Waals surface area contributed by atoms with Gasteiger partial charge in [-0.3, -0.25) is 0 Å². The Hall–Kier alpha value is -2.77. The summed E-state index contributed by atoms with van der Waals surface area (Å²) in [5.74, 6) is -1.03. The largest absolute Gasteiger partial charge is 0.480 e. The molecule has 0 bridgehead atoms. The van der Waals surface area contributed by atoms with Crippen LogP contribution in [0.2, 0.25) is 0 Å². The first kappa shape index (κ1) is 19.3. The van der Waals surface area contributed by atoms with E-state index in [-0.39, 0.29) is 18.9 Å². The van der Waals surface area contributed by atoms with Gasteiger partial charge in [-0.05, 0) is 17.9 Å². The molecule has 0 fully saturated rings. The second kappa shape index (κ2) is 9.39. The van der Waals surface area contributed by atoms with Crippen LogP contribution in [0, 0.1) is 5.92 Å². The van der Waals surface area contributed by atoms with E-state index in [1.54, 1.807) is 12.1 Å². The Labute approximate surface area is 140 Å². The van der Waals surface area contributed by atoms with Crippen molar-refractivity contribution in [3.8, 4) is 0 Å². The van der Waals surface area contributed by atoms with Crippen LogP contribution in [-0.4, -0.2) is 41.3 Å². The van der Waals surface area contributed by atoms with Gasteiger partial charge in [-0.15, -0.1) is 0 Å². The average molecular weight is 337 g/mol. The molecule has 0 saturated heterocycles. The lowest BCUT2D eigenvalue weighted by Gasteiger charge is -2.22. The highest BCUT2D eigenvalue weighted by Gasteiger charge is 2.23. The maximum atomic E-state index is 11.9. The lowest BCUT2D eigenvalue weighted by Crippen LogP contribution is -2.52. The van der Waals surface area contributed by atoms with Crippen molar-refractivity contribution in [2.24, 2.45) is 5.92 Å². The number of amides is 3. The number of carboxylic acid groups (broad SMARTS) is 1. The van der Waals surface area contributed by atoms with Crippen molar-refractivity contribution in [1.82, 2.24) is 15.8 Å². The number of urea groups is 1. The van der Waals surface area contributed by atoms with Crippen LogP contribution in [0.3, 0.4) is 0 Å². The maximum absolute atomic E-state index is 11.9. The normalized spacial score (nSPS) is 11.5. The van der Waals surface area contributed by atoms with E-state index in [1.165, 1.54) is 7.05 Å². The molecular formula is C16H23N3O5. The second-order valence-electron chi connectivity index (χ2n) is 5.70. The van der Waals surface area contributed by atoms with Crippen LogP contribution in [-0.2, 0) is 16.1 Å². The molecule has 0 aliphatic rings. The van der Waals surface area contributed by atoms with E-state index < -0.39 is 24.1 Å². The molecule has 132 valence electrons. The summed E-state index contributed by atoms with van der Waals surface area (Å²) in [5.41, 5.74) is 3.02. The van der Waals surface area contributed by atoms with Crippen molar-refractivity contribution >= 4 is 18.1 Å². The van der Waals surface area contributed by atoms with Crippen molar-refractivity contribution in [2.45, 2.75) is 32.9 Å². The van der Waals surface area contributed by atoms with E-state index in [2.05, 4.69) is 10.7 Å². The summed E-state index contributed by atoms with van der Waals surface area (Å²) >= 11 is 0. The molecule has 1 rings (SSSR count). The zero-order valence-electron chi connectivity index (χ0n) is 14.0. The molecule has 24 heavy (non-hydrogen) atoms. The van der Waals surface area contributed by atoms with Crippen molar-refractivity contribution in [2.75, 3.05) is 7.05 Å². The number of nitrogens with one attached hydrogen (secondary N) is 2. The third-order valence-corrected chi connectivity index (χ3v) is 3.08. The Morgan fingerprint density at radius 1 is 1.21 bits per heavy atom. The summed E-state index contributed by atoms with van der Waals surface area (Å²) in [6.07, 6.45) is -0.528. The Morgan fingerprint density at radius 2 is 1.83 bits per heavy atom. The predicted octanol–water partition coefficient (Wildman–Crippen LogP) is 1.97. The van der Waals surface area contributed by atoms with E-state index in [0.29, 0.717) is 0 Å². The first-order valence-electron chi connectivity index (χ1n) is 7.54. The lowest BCUT2D eigenvalue weighted by atomic mass is 10.0. The van der Waals surface area contributed by atoms with Crippen LogP contribution in [0.25, 0.3) is 0 Å². The van der Waals surface area contributed by atoms with Crippen LogP contribution < -0.4 is 10.7 Å². The third kappa shape index (κ3) is 6.99. The Bertz CT molecular complexity index is 562. The van der Waals surface area contributed by atoms with E-state index >= 15 is 0 Å². The number of aliphatic carboxylic acids is 1. The van der Waals surface area contributed by atoms with E-state index in [9.17, 15) is 14.4 Å². The van der Waals surface area contributed by atoms with Gasteiger partial charge in [0.1, 0.15) is 12.6 Å². The van der Waals surface area contributed by atoms with Gasteiger partial charge in [0.05, 0.1) is 0 Å². The van der Waals surface area contributed by atoms with Crippen molar-refractivity contribution in [3.63, 3.8) is 0 Å². The molecule has 0 heterocycles. The Kier molecular flexibility index (Phi) is 7.54. The molecule has 8 heteroatoms. The standard InChI is InChI=1S/C16H23N3O5/c1-11(2)9-13(14(20)21)17-15(22)19(3)18-16(23)24-10-12-7-5-4-6-8-12/h4-8,11,13H,9-10H2,1-3H3,(H,17,22)(H,18,23)(H,20,21)/t13-/m0/s1. The number of ether oxygens (including phenoxy) is 1. The van der Waals surface area contributed by atoms with Crippen LogP contribution in [0.1, 0.15) is 25.8 Å². The number of carbonyl (C=O) groups is 3. The monoisotopic (exact) mass is 337 g/mol. The molecule has 3 N–H and O–H groups in total. The molecule has 0 aliphatic heterocycles. The minimum absolute atomic E-state index is 0.0627. The summed E-state index contributed by atoms with van der Waals surface area (Å²) in [4.78, 5) is 34.7. The number of carboxylic acids is 1. The van der Waals surface area contributed by atoms with Gasteiger partial charge >= 0.3 is 18.1 Å². The molecule has 0 aromatic heterocycles.